The first kappa shape index (κ1) is 27.0. The first-order valence-corrected chi connectivity index (χ1v) is 15.1. The van der Waals surface area contributed by atoms with Crippen LogP contribution in [0, 0.1) is 13.8 Å². The third-order valence-corrected chi connectivity index (χ3v) is 8.73. The fourth-order valence-corrected chi connectivity index (χ4v) is 6.82. The average Bonchev–Trinajstić information content (AvgIpc) is 3.54. The van der Waals surface area contributed by atoms with E-state index in [2.05, 4.69) is 177 Å². The summed E-state index contributed by atoms with van der Waals surface area (Å²) in [5, 5.41) is 2.55. The summed E-state index contributed by atoms with van der Waals surface area (Å²) in [6, 6.07) is 39.8. The Morgan fingerprint density at radius 1 is 0.628 bits per heavy atom. The molecule has 0 atom stereocenters. The fourth-order valence-electron chi connectivity index (χ4n) is 6.82. The Balaban J connectivity index is 1.37. The Labute approximate surface area is 254 Å². The summed E-state index contributed by atoms with van der Waals surface area (Å²) in [6.45, 7) is 11.4. The number of aromatic nitrogens is 3. The van der Waals surface area contributed by atoms with Gasteiger partial charge in [0.15, 0.2) is 0 Å². The van der Waals surface area contributed by atoms with Gasteiger partial charge < -0.3 is 4.57 Å². The van der Waals surface area contributed by atoms with Crippen LogP contribution in [0.4, 0.5) is 0 Å². The number of benzene rings is 5. The lowest BCUT2D eigenvalue weighted by atomic mass is 9.83. The molecule has 2 heterocycles. The molecule has 0 N–H and O–H groups in total. The zero-order chi connectivity index (χ0) is 29.9. The second-order valence-corrected chi connectivity index (χ2v) is 12.8. The number of nitrogens with zero attached hydrogens (tertiary/aromatic N) is 3. The predicted molar refractivity (Wildman–Crippen MR) is 180 cm³/mol. The van der Waals surface area contributed by atoms with E-state index < -0.39 is 0 Å². The molecular formula is C40H38N3+. The van der Waals surface area contributed by atoms with E-state index in [4.69, 9.17) is 0 Å². The zero-order valence-electron chi connectivity index (χ0n) is 25.9. The largest absolute Gasteiger partial charge is 0.309 e. The third-order valence-electron chi connectivity index (χ3n) is 8.73. The van der Waals surface area contributed by atoms with Crippen LogP contribution in [0.5, 0.6) is 0 Å². The van der Waals surface area contributed by atoms with E-state index in [-0.39, 0.29) is 5.41 Å². The quantitative estimate of drug-likeness (QED) is 0.190. The van der Waals surface area contributed by atoms with Crippen molar-refractivity contribution in [1.82, 2.24) is 9.13 Å². The average molecular weight is 561 g/mol. The number of fused-ring (bicyclic) bond motifs is 3. The van der Waals surface area contributed by atoms with Crippen LogP contribution in [0.2, 0.25) is 0 Å². The molecule has 2 aromatic heterocycles. The Bertz CT molecular complexity index is 2110. The number of hydrogen-bond acceptors (Lipinski definition) is 0. The van der Waals surface area contributed by atoms with Crippen LogP contribution in [0.3, 0.4) is 0 Å². The molecule has 7 aromatic rings. The van der Waals surface area contributed by atoms with E-state index in [1.807, 2.05) is 0 Å². The molecule has 3 heteroatoms. The lowest BCUT2D eigenvalue weighted by molar-refractivity contribution is -0.659. The summed E-state index contributed by atoms with van der Waals surface area (Å²) in [6.07, 6.45) is 4.37. The van der Waals surface area contributed by atoms with Crippen molar-refractivity contribution in [3.05, 3.63) is 138 Å². The highest BCUT2D eigenvalue weighted by Crippen LogP contribution is 2.37. The summed E-state index contributed by atoms with van der Waals surface area (Å²) in [5.74, 6) is 1.19. The molecule has 0 aliphatic carbocycles. The minimum Gasteiger partial charge on any atom is -0.309 e. The van der Waals surface area contributed by atoms with Gasteiger partial charge in [0.05, 0.1) is 23.6 Å². The van der Waals surface area contributed by atoms with Crippen molar-refractivity contribution >= 4 is 21.8 Å². The highest BCUT2D eigenvalue weighted by Gasteiger charge is 2.28. The molecule has 7 rings (SSSR count). The standard InChI is InChI=1S/C40H38N3/c1-27-24-30(25-28(2)38(27)42-23-22-41(6)39(42)33-17-10-12-18-35(33)40(3,4)5)29-20-21-37-34(26-29)32-16-11-13-19-36(32)43(37)31-14-8-7-9-15-31/h7-26H,1-6H3/q+1. The van der Waals surface area contributed by atoms with Gasteiger partial charge in [0.25, 0.3) is 5.82 Å². The fraction of sp³-hybridized carbons (Fsp3) is 0.175. The molecule has 0 saturated carbocycles. The van der Waals surface area contributed by atoms with Gasteiger partial charge in [-0.1, -0.05) is 81.4 Å². The second kappa shape index (κ2) is 10.1. The van der Waals surface area contributed by atoms with Crippen molar-refractivity contribution in [2.45, 2.75) is 40.0 Å². The highest BCUT2D eigenvalue weighted by molar-refractivity contribution is 6.10. The van der Waals surface area contributed by atoms with Gasteiger partial charge in [0.1, 0.15) is 18.1 Å². The van der Waals surface area contributed by atoms with Gasteiger partial charge in [0.2, 0.25) is 0 Å². The van der Waals surface area contributed by atoms with Crippen LogP contribution in [0.15, 0.2) is 122 Å². The van der Waals surface area contributed by atoms with Crippen molar-refractivity contribution < 1.29 is 4.57 Å². The lowest BCUT2D eigenvalue weighted by Crippen LogP contribution is -2.30. The molecule has 0 saturated heterocycles. The van der Waals surface area contributed by atoms with Gasteiger partial charge in [-0.3, -0.25) is 0 Å². The molecule has 5 aromatic carbocycles. The molecule has 0 spiro atoms. The van der Waals surface area contributed by atoms with E-state index in [0.29, 0.717) is 0 Å². The minimum atomic E-state index is 0.0366. The summed E-state index contributed by atoms with van der Waals surface area (Å²) in [5.41, 5.74) is 12.5. The molecule has 0 radical (unpaired) electrons. The van der Waals surface area contributed by atoms with Crippen molar-refractivity contribution in [2.24, 2.45) is 7.05 Å². The minimum absolute atomic E-state index is 0.0366. The number of para-hydroxylation sites is 2. The van der Waals surface area contributed by atoms with Crippen molar-refractivity contribution in [1.29, 1.82) is 0 Å². The molecule has 3 nitrogen and oxygen atoms in total. The second-order valence-electron chi connectivity index (χ2n) is 12.8. The van der Waals surface area contributed by atoms with Crippen LogP contribution in [-0.2, 0) is 12.5 Å². The number of rotatable bonds is 4. The molecule has 43 heavy (non-hydrogen) atoms. The van der Waals surface area contributed by atoms with Gasteiger partial charge in [-0.15, -0.1) is 0 Å². The van der Waals surface area contributed by atoms with Gasteiger partial charge in [-0.25, -0.2) is 4.57 Å². The van der Waals surface area contributed by atoms with E-state index in [0.717, 1.165) is 0 Å². The van der Waals surface area contributed by atoms with Crippen LogP contribution in [-0.4, -0.2) is 9.13 Å². The highest BCUT2D eigenvalue weighted by atomic mass is 15.1. The Morgan fingerprint density at radius 3 is 2.02 bits per heavy atom. The van der Waals surface area contributed by atoms with Gasteiger partial charge in [0, 0.05) is 16.5 Å². The molecule has 0 aliphatic rings. The summed E-state index contributed by atoms with van der Waals surface area (Å²) < 4.78 is 6.99. The first-order chi connectivity index (χ1) is 20.7. The van der Waals surface area contributed by atoms with E-state index in [1.165, 1.54) is 72.4 Å². The monoisotopic (exact) mass is 560 g/mol. The first-order valence-electron chi connectivity index (χ1n) is 15.1. The van der Waals surface area contributed by atoms with Crippen molar-refractivity contribution in [2.75, 3.05) is 0 Å². The number of aryl methyl sites for hydroxylation is 3. The Morgan fingerprint density at radius 2 is 1.28 bits per heavy atom. The Kier molecular flexibility index (Phi) is 6.36. The molecule has 0 aliphatic heterocycles. The van der Waals surface area contributed by atoms with E-state index in [1.54, 1.807) is 0 Å². The normalized spacial score (nSPS) is 12.0. The molecular weight excluding hydrogens is 522 g/mol. The molecule has 0 unspecified atom stereocenters. The maximum absolute atomic E-state index is 2.37. The van der Waals surface area contributed by atoms with E-state index in [9.17, 15) is 0 Å². The van der Waals surface area contributed by atoms with Crippen LogP contribution >= 0.6 is 0 Å². The van der Waals surface area contributed by atoms with Gasteiger partial charge >= 0.3 is 0 Å². The maximum atomic E-state index is 2.37. The molecule has 0 fully saturated rings. The smallest absolute Gasteiger partial charge is 0.294 e. The summed E-state index contributed by atoms with van der Waals surface area (Å²) in [7, 11) is 2.14. The van der Waals surface area contributed by atoms with Crippen LogP contribution in [0.25, 0.3) is 55.7 Å². The van der Waals surface area contributed by atoms with E-state index >= 15 is 0 Å². The van der Waals surface area contributed by atoms with Crippen LogP contribution in [0.1, 0.15) is 37.5 Å². The number of imidazole rings is 1. The van der Waals surface area contributed by atoms with Gasteiger partial charge in [-0.05, 0) is 95.6 Å². The van der Waals surface area contributed by atoms with Gasteiger partial charge in [-0.2, -0.15) is 4.57 Å². The Hall–Kier alpha value is -4.89. The third kappa shape index (κ3) is 4.47. The van der Waals surface area contributed by atoms with Crippen molar-refractivity contribution in [3.63, 3.8) is 0 Å². The predicted octanol–water partition coefficient (Wildman–Crippen LogP) is 9.65. The molecule has 0 bridgehead atoms. The zero-order valence-corrected chi connectivity index (χ0v) is 25.9. The SMILES string of the molecule is Cc1cc(-c2ccc3c(c2)c2ccccc2n3-c2ccccc2)cc(C)c1-n1cc[n+](C)c1-c1ccccc1C(C)(C)C. The topological polar surface area (TPSA) is 13.7 Å². The molecule has 0 amide bonds. The number of hydrogen-bond donors (Lipinski definition) is 0. The summed E-state index contributed by atoms with van der Waals surface area (Å²) in [4.78, 5) is 0. The van der Waals surface area contributed by atoms with Crippen LogP contribution < -0.4 is 4.57 Å². The van der Waals surface area contributed by atoms with Crippen molar-refractivity contribution in [3.8, 4) is 33.9 Å². The molecule has 212 valence electrons. The maximum Gasteiger partial charge on any atom is 0.294 e. The summed E-state index contributed by atoms with van der Waals surface area (Å²) >= 11 is 0. The lowest BCUT2D eigenvalue weighted by Gasteiger charge is -2.22.